The molecule has 1 saturated carbocycles. The van der Waals surface area contributed by atoms with Gasteiger partial charge in [0.2, 0.25) is 5.91 Å². The van der Waals surface area contributed by atoms with Crippen molar-refractivity contribution < 1.29 is 14.6 Å². The Morgan fingerprint density at radius 2 is 2.05 bits per heavy atom. The number of hydrogen-bond donors (Lipinski definition) is 2. The van der Waals surface area contributed by atoms with E-state index in [4.69, 9.17) is 4.74 Å². The lowest BCUT2D eigenvalue weighted by Crippen LogP contribution is -2.47. The summed E-state index contributed by atoms with van der Waals surface area (Å²) in [6, 6.07) is 0.318. The van der Waals surface area contributed by atoms with Gasteiger partial charge in [0.05, 0.1) is 12.7 Å². The Balaban J connectivity index is 1.59. The number of rotatable bonds is 7. The molecule has 1 heterocycles. The van der Waals surface area contributed by atoms with Crippen molar-refractivity contribution in [2.75, 3.05) is 33.4 Å². The van der Waals surface area contributed by atoms with Gasteiger partial charge in [-0.2, -0.15) is 0 Å². The minimum absolute atomic E-state index is 0.229. The lowest BCUT2D eigenvalue weighted by atomic mass is 9.83. The van der Waals surface area contributed by atoms with Crippen molar-refractivity contribution >= 4 is 5.91 Å². The first-order valence-corrected chi connectivity index (χ1v) is 7.86. The molecule has 20 heavy (non-hydrogen) atoms. The quantitative estimate of drug-likeness (QED) is 0.725. The zero-order valence-electron chi connectivity index (χ0n) is 12.5. The number of likely N-dealkylation sites (tertiary alicyclic amines) is 1. The minimum Gasteiger partial charge on any atom is -0.389 e. The molecule has 0 bridgehead atoms. The van der Waals surface area contributed by atoms with E-state index in [1.54, 1.807) is 7.11 Å². The normalized spacial score (nSPS) is 23.3. The van der Waals surface area contributed by atoms with Crippen molar-refractivity contribution in [1.29, 1.82) is 0 Å². The molecule has 0 aromatic heterocycles. The maximum Gasteiger partial charge on any atom is 0.220 e. The zero-order valence-corrected chi connectivity index (χ0v) is 12.5. The predicted molar refractivity (Wildman–Crippen MR) is 77.4 cm³/mol. The second-order valence-corrected chi connectivity index (χ2v) is 6.25. The second-order valence-electron chi connectivity index (χ2n) is 6.25. The minimum atomic E-state index is -0.412. The van der Waals surface area contributed by atoms with Crippen LogP contribution in [0, 0.1) is 5.92 Å². The standard InChI is InChI=1S/C15H28N2O3/c1-20-11-14(18)10-17-7-5-13(6-8-17)16-15(19)9-12-3-2-4-12/h12-14,18H,2-11H2,1H3,(H,16,19). The lowest BCUT2D eigenvalue weighted by molar-refractivity contribution is -0.123. The van der Waals surface area contributed by atoms with Gasteiger partial charge >= 0.3 is 0 Å². The first-order chi connectivity index (χ1) is 9.67. The van der Waals surface area contributed by atoms with Gasteiger partial charge < -0.3 is 20.1 Å². The Kier molecular flexibility index (Phi) is 6.26. The van der Waals surface area contributed by atoms with Gasteiger partial charge in [0.25, 0.3) is 0 Å². The van der Waals surface area contributed by atoms with E-state index in [0.717, 1.165) is 25.9 Å². The van der Waals surface area contributed by atoms with Crippen LogP contribution in [0.4, 0.5) is 0 Å². The average Bonchev–Trinajstić information content (AvgIpc) is 2.37. The summed E-state index contributed by atoms with van der Waals surface area (Å²) in [5.74, 6) is 0.867. The number of carbonyl (C=O) groups excluding carboxylic acids is 1. The molecule has 1 aliphatic carbocycles. The summed E-state index contributed by atoms with van der Waals surface area (Å²) in [5.41, 5.74) is 0. The van der Waals surface area contributed by atoms with E-state index < -0.39 is 6.10 Å². The summed E-state index contributed by atoms with van der Waals surface area (Å²) in [4.78, 5) is 14.1. The van der Waals surface area contributed by atoms with Crippen LogP contribution in [0.5, 0.6) is 0 Å². The number of aliphatic hydroxyl groups excluding tert-OH is 1. The SMILES string of the molecule is COCC(O)CN1CCC(NC(=O)CC2CCC2)CC1. The molecule has 5 heteroatoms. The van der Waals surface area contributed by atoms with Gasteiger partial charge in [-0.1, -0.05) is 6.42 Å². The van der Waals surface area contributed by atoms with Crippen molar-refractivity contribution in [1.82, 2.24) is 10.2 Å². The van der Waals surface area contributed by atoms with Crippen molar-refractivity contribution in [3.05, 3.63) is 0 Å². The third-order valence-corrected chi connectivity index (χ3v) is 4.48. The van der Waals surface area contributed by atoms with Crippen molar-refractivity contribution in [3.63, 3.8) is 0 Å². The van der Waals surface area contributed by atoms with Crippen molar-refractivity contribution in [2.45, 2.75) is 50.7 Å². The number of amides is 1. The van der Waals surface area contributed by atoms with Crippen LogP contribution in [0.25, 0.3) is 0 Å². The highest BCUT2D eigenvalue weighted by molar-refractivity contribution is 5.76. The van der Waals surface area contributed by atoms with E-state index in [-0.39, 0.29) is 5.91 Å². The average molecular weight is 284 g/mol. The first-order valence-electron chi connectivity index (χ1n) is 7.86. The summed E-state index contributed by atoms with van der Waals surface area (Å²) >= 11 is 0. The Morgan fingerprint density at radius 1 is 1.35 bits per heavy atom. The van der Waals surface area contributed by atoms with Crippen LogP contribution in [0.3, 0.4) is 0 Å². The molecule has 0 spiro atoms. The summed E-state index contributed by atoms with van der Waals surface area (Å²) in [6.07, 6.45) is 6.01. The molecule has 2 aliphatic rings. The molecular formula is C15H28N2O3. The van der Waals surface area contributed by atoms with Crippen LogP contribution in [0.2, 0.25) is 0 Å². The third kappa shape index (κ3) is 5.04. The molecule has 1 unspecified atom stereocenters. The second kappa shape index (κ2) is 7.96. The van der Waals surface area contributed by atoms with Crippen LogP contribution in [-0.2, 0) is 9.53 Å². The number of aliphatic hydroxyl groups is 1. The third-order valence-electron chi connectivity index (χ3n) is 4.48. The Morgan fingerprint density at radius 3 is 2.60 bits per heavy atom. The van der Waals surface area contributed by atoms with Crippen LogP contribution in [-0.4, -0.2) is 61.4 Å². The Bertz CT molecular complexity index is 299. The number of nitrogens with zero attached hydrogens (tertiary/aromatic N) is 1. The number of β-amino-alcohol motifs (C(OH)–C–C–N with tert-alkyl or cyclic N) is 1. The van der Waals surface area contributed by atoms with Gasteiger partial charge in [-0.25, -0.2) is 0 Å². The summed E-state index contributed by atoms with van der Waals surface area (Å²) in [5, 5.41) is 12.9. The van der Waals surface area contributed by atoms with Gasteiger partial charge in [-0.05, 0) is 31.6 Å². The first kappa shape index (κ1) is 15.7. The topological polar surface area (TPSA) is 61.8 Å². The van der Waals surface area contributed by atoms with E-state index in [9.17, 15) is 9.90 Å². The van der Waals surface area contributed by atoms with E-state index in [1.165, 1.54) is 19.3 Å². The fourth-order valence-corrected chi connectivity index (χ4v) is 3.05. The molecule has 1 amide bonds. The fraction of sp³-hybridized carbons (Fsp3) is 0.933. The Hall–Kier alpha value is -0.650. The number of ether oxygens (including phenoxy) is 1. The predicted octanol–water partition coefficient (Wildman–Crippen LogP) is 0.764. The van der Waals surface area contributed by atoms with Gasteiger partial charge in [-0.3, -0.25) is 4.79 Å². The highest BCUT2D eigenvalue weighted by Gasteiger charge is 2.25. The highest BCUT2D eigenvalue weighted by Crippen LogP contribution is 2.29. The molecule has 0 aromatic carbocycles. The monoisotopic (exact) mass is 284 g/mol. The molecule has 2 rings (SSSR count). The Labute approximate surface area is 121 Å². The number of hydrogen-bond acceptors (Lipinski definition) is 4. The largest absolute Gasteiger partial charge is 0.389 e. The van der Waals surface area contributed by atoms with Gasteiger partial charge in [0.15, 0.2) is 0 Å². The molecule has 1 saturated heterocycles. The van der Waals surface area contributed by atoms with E-state index in [1.807, 2.05) is 0 Å². The summed E-state index contributed by atoms with van der Waals surface area (Å²) < 4.78 is 4.94. The van der Waals surface area contributed by atoms with Crippen LogP contribution in [0.1, 0.15) is 38.5 Å². The van der Waals surface area contributed by atoms with Crippen molar-refractivity contribution in [2.24, 2.45) is 5.92 Å². The highest BCUT2D eigenvalue weighted by atomic mass is 16.5. The van der Waals surface area contributed by atoms with E-state index >= 15 is 0 Å². The number of nitrogens with one attached hydrogen (secondary N) is 1. The molecule has 0 radical (unpaired) electrons. The molecule has 0 aromatic rings. The maximum atomic E-state index is 11.9. The van der Waals surface area contributed by atoms with Gasteiger partial charge in [-0.15, -0.1) is 0 Å². The van der Waals surface area contributed by atoms with Gasteiger partial charge in [0.1, 0.15) is 0 Å². The van der Waals surface area contributed by atoms with E-state index in [2.05, 4.69) is 10.2 Å². The smallest absolute Gasteiger partial charge is 0.220 e. The maximum absolute atomic E-state index is 11.9. The molecule has 1 aliphatic heterocycles. The molecule has 2 fully saturated rings. The molecule has 116 valence electrons. The van der Waals surface area contributed by atoms with Crippen molar-refractivity contribution in [3.8, 4) is 0 Å². The number of carbonyl (C=O) groups is 1. The molecule has 1 atom stereocenters. The number of piperidine rings is 1. The molecular weight excluding hydrogens is 256 g/mol. The lowest BCUT2D eigenvalue weighted by Gasteiger charge is -2.34. The summed E-state index contributed by atoms with van der Waals surface area (Å²) in [6.45, 7) is 2.93. The van der Waals surface area contributed by atoms with Crippen LogP contribution >= 0.6 is 0 Å². The zero-order chi connectivity index (χ0) is 14.4. The number of methoxy groups -OCH3 is 1. The molecule has 5 nitrogen and oxygen atoms in total. The van der Waals surface area contributed by atoms with Gasteiger partial charge in [0, 0.05) is 39.2 Å². The fourth-order valence-electron chi connectivity index (χ4n) is 3.05. The van der Waals surface area contributed by atoms with Crippen LogP contribution in [0.15, 0.2) is 0 Å². The molecule has 2 N–H and O–H groups in total. The van der Waals surface area contributed by atoms with E-state index in [0.29, 0.717) is 31.5 Å². The summed E-state index contributed by atoms with van der Waals surface area (Å²) in [7, 11) is 1.60. The van der Waals surface area contributed by atoms with Crippen LogP contribution < -0.4 is 5.32 Å².